The lowest BCUT2D eigenvalue weighted by Gasteiger charge is -2.26. The fraction of sp³-hybridized carbons (Fsp3) is 0.346. The van der Waals surface area contributed by atoms with E-state index in [0.29, 0.717) is 26.8 Å². The predicted molar refractivity (Wildman–Crippen MR) is 156 cm³/mol. The Bertz CT molecular complexity index is 1560. The van der Waals surface area contributed by atoms with Crippen molar-refractivity contribution >= 4 is 51.7 Å². The highest BCUT2D eigenvalue weighted by atomic mass is 32.2. The van der Waals surface area contributed by atoms with Gasteiger partial charge in [-0.2, -0.15) is 0 Å². The zero-order valence-corrected chi connectivity index (χ0v) is 24.0. The van der Waals surface area contributed by atoms with Crippen molar-refractivity contribution in [2.45, 2.75) is 32.6 Å². The number of nitrogens with one attached hydrogen (secondary N) is 4. The lowest BCUT2D eigenvalue weighted by Crippen LogP contribution is -2.30. The van der Waals surface area contributed by atoms with Gasteiger partial charge in [-0.3, -0.25) is 24.3 Å². The van der Waals surface area contributed by atoms with E-state index in [1.54, 1.807) is 11.5 Å². The first kappa shape index (κ1) is 27.8. The van der Waals surface area contributed by atoms with Gasteiger partial charge in [0.05, 0.1) is 18.5 Å². The maximum atomic E-state index is 12.8. The highest BCUT2D eigenvalue weighted by Gasteiger charge is 2.19. The van der Waals surface area contributed by atoms with Crippen LogP contribution in [0.15, 0.2) is 54.2 Å². The van der Waals surface area contributed by atoms with Gasteiger partial charge < -0.3 is 10.2 Å². The van der Waals surface area contributed by atoms with Crippen LogP contribution in [0.3, 0.4) is 0 Å². The first-order valence-corrected chi connectivity index (χ1v) is 15.0. The van der Waals surface area contributed by atoms with Crippen LogP contribution in [0.25, 0.3) is 5.69 Å². The van der Waals surface area contributed by atoms with Crippen LogP contribution >= 0.6 is 24.4 Å². The summed E-state index contributed by atoms with van der Waals surface area (Å²) in [5.41, 5.74) is 5.68. The summed E-state index contributed by atoms with van der Waals surface area (Å²) in [6.07, 6.45) is 6.90. The minimum absolute atomic E-state index is 0.130. The van der Waals surface area contributed by atoms with E-state index >= 15 is 0 Å². The third-order valence-corrected chi connectivity index (χ3v) is 7.78. The number of allylic oxidation sites excluding steroid dienone is 2. The van der Waals surface area contributed by atoms with E-state index in [1.165, 1.54) is 11.1 Å². The molecule has 202 valence electrons. The first-order valence-electron chi connectivity index (χ1n) is 12.3. The SMILES string of the molecule is CC(=CCC1CCc2cc(N(C)CC(=O)Nc3cccc(-n4c(=S)[nH][nH]c4=S)c3)ccc2C1)NS(C)(=O)=O. The molecule has 1 heterocycles. The van der Waals surface area contributed by atoms with Gasteiger partial charge in [0.15, 0.2) is 9.54 Å². The minimum Gasteiger partial charge on any atom is -0.365 e. The fourth-order valence-electron chi connectivity index (χ4n) is 4.71. The normalized spacial score (nSPS) is 15.6. The van der Waals surface area contributed by atoms with Crippen LogP contribution in [0.2, 0.25) is 0 Å². The molecule has 0 saturated heterocycles. The number of likely N-dealkylation sites (N-methyl/N-ethyl adjacent to an activating group) is 1. The Kier molecular flexibility index (Phi) is 8.54. The van der Waals surface area contributed by atoms with Crippen molar-refractivity contribution in [3.05, 3.63) is 74.9 Å². The number of hydrogen-bond donors (Lipinski definition) is 4. The van der Waals surface area contributed by atoms with E-state index in [1.807, 2.05) is 42.3 Å². The topological polar surface area (TPSA) is 115 Å². The third-order valence-electron chi connectivity index (χ3n) is 6.52. The van der Waals surface area contributed by atoms with Gasteiger partial charge in [-0.15, -0.1) is 0 Å². The van der Waals surface area contributed by atoms with E-state index in [2.05, 4.69) is 38.4 Å². The van der Waals surface area contributed by atoms with E-state index in [9.17, 15) is 13.2 Å². The number of nitrogens with zero attached hydrogens (tertiary/aromatic N) is 2. The van der Waals surface area contributed by atoms with Gasteiger partial charge in [0, 0.05) is 24.1 Å². The van der Waals surface area contributed by atoms with Gasteiger partial charge in [-0.25, -0.2) is 8.42 Å². The van der Waals surface area contributed by atoms with Crippen molar-refractivity contribution in [2.75, 3.05) is 30.1 Å². The van der Waals surface area contributed by atoms with E-state index in [4.69, 9.17) is 24.4 Å². The predicted octanol–water partition coefficient (Wildman–Crippen LogP) is 4.62. The van der Waals surface area contributed by atoms with Gasteiger partial charge in [0.25, 0.3) is 0 Å². The Morgan fingerprint density at radius 2 is 1.89 bits per heavy atom. The molecule has 4 rings (SSSR count). The Labute approximate surface area is 233 Å². The summed E-state index contributed by atoms with van der Waals surface area (Å²) in [6, 6.07) is 13.7. The number of amides is 1. The van der Waals surface area contributed by atoms with Gasteiger partial charge in [-0.05, 0) is 104 Å². The maximum Gasteiger partial charge on any atom is 0.243 e. The van der Waals surface area contributed by atoms with Crippen LogP contribution in [-0.2, 0) is 27.7 Å². The molecule has 0 spiro atoms. The zero-order valence-electron chi connectivity index (χ0n) is 21.6. The number of carbonyl (C=O) groups excluding carboxylic acids is 1. The maximum absolute atomic E-state index is 12.8. The van der Waals surface area contributed by atoms with Crippen molar-refractivity contribution in [3.63, 3.8) is 0 Å². The van der Waals surface area contributed by atoms with E-state index in [0.717, 1.165) is 43.3 Å². The van der Waals surface area contributed by atoms with Crippen LogP contribution in [0.5, 0.6) is 0 Å². The molecule has 0 aliphatic heterocycles. The second kappa shape index (κ2) is 11.7. The molecule has 0 bridgehead atoms. The average Bonchev–Trinajstić information content (AvgIpc) is 3.19. The smallest absolute Gasteiger partial charge is 0.243 e. The molecule has 12 heteroatoms. The minimum atomic E-state index is -3.24. The number of hydrogen-bond acceptors (Lipinski definition) is 6. The summed E-state index contributed by atoms with van der Waals surface area (Å²) in [5, 5.41) is 8.58. The zero-order chi connectivity index (χ0) is 27.4. The summed E-state index contributed by atoms with van der Waals surface area (Å²) in [7, 11) is -1.33. The van der Waals surface area contributed by atoms with Crippen LogP contribution in [0.4, 0.5) is 11.4 Å². The summed E-state index contributed by atoms with van der Waals surface area (Å²) >= 11 is 10.6. The molecule has 1 unspecified atom stereocenters. The molecule has 1 aliphatic rings. The Hall–Kier alpha value is -3.22. The molecule has 3 aromatic rings. The van der Waals surface area contributed by atoms with Crippen LogP contribution in [0.1, 0.15) is 30.9 Å². The molecular formula is C26H32N6O3S3. The molecule has 0 saturated carbocycles. The molecule has 1 atom stereocenters. The lowest BCUT2D eigenvalue weighted by atomic mass is 9.82. The fourth-order valence-corrected chi connectivity index (χ4v) is 5.93. The molecule has 1 aromatic heterocycles. The molecule has 4 N–H and O–H groups in total. The van der Waals surface area contributed by atoms with Crippen molar-refractivity contribution in [2.24, 2.45) is 5.92 Å². The Morgan fingerprint density at radius 3 is 2.61 bits per heavy atom. The lowest BCUT2D eigenvalue weighted by molar-refractivity contribution is -0.114. The number of benzene rings is 2. The van der Waals surface area contributed by atoms with E-state index in [-0.39, 0.29) is 12.5 Å². The number of H-pyrrole nitrogens is 2. The third kappa shape index (κ3) is 7.21. The number of aryl methyl sites for hydroxylation is 1. The number of anilines is 2. The second-order valence-corrected chi connectivity index (χ2v) is 12.2. The Morgan fingerprint density at radius 1 is 1.16 bits per heavy atom. The second-order valence-electron chi connectivity index (χ2n) is 9.71. The van der Waals surface area contributed by atoms with Crippen LogP contribution in [0, 0.1) is 15.5 Å². The highest BCUT2D eigenvalue weighted by Crippen LogP contribution is 2.31. The van der Waals surface area contributed by atoms with Crippen LogP contribution < -0.4 is 14.9 Å². The molecule has 38 heavy (non-hydrogen) atoms. The Balaban J connectivity index is 1.35. The van der Waals surface area contributed by atoms with Gasteiger partial charge in [-0.1, -0.05) is 18.2 Å². The van der Waals surface area contributed by atoms with Crippen molar-refractivity contribution in [1.82, 2.24) is 19.5 Å². The summed E-state index contributed by atoms with van der Waals surface area (Å²) < 4.78 is 27.9. The highest BCUT2D eigenvalue weighted by molar-refractivity contribution is 7.88. The largest absolute Gasteiger partial charge is 0.365 e. The average molecular weight is 573 g/mol. The molecule has 0 fully saturated rings. The molecule has 1 aliphatic carbocycles. The quantitative estimate of drug-likeness (QED) is 0.278. The number of sulfonamides is 1. The van der Waals surface area contributed by atoms with E-state index < -0.39 is 10.0 Å². The molecule has 0 radical (unpaired) electrons. The molecular weight excluding hydrogens is 541 g/mol. The van der Waals surface area contributed by atoms with Crippen LogP contribution in [-0.4, -0.2) is 48.9 Å². The number of aromatic nitrogens is 3. The summed E-state index contributed by atoms with van der Waals surface area (Å²) in [4.78, 5) is 14.7. The molecule has 9 nitrogen and oxygen atoms in total. The van der Waals surface area contributed by atoms with Crippen molar-refractivity contribution in [3.8, 4) is 5.69 Å². The number of rotatable bonds is 9. The summed E-state index contributed by atoms with van der Waals surface area (Å²) in [5.74, 6) is 0.342. The van der Waals surface area contributed by atoms with Gasteiger partial charge >= 0.3 is 0 Å². The number of aromatic amines is 2. The molecule has 2 aromatic carbocycles. The summed E-state index contributed by atoms with van der Waals surface area (Å²) in [6.45, 7) is 1.98. The number of fused-ring (bicyclic) bond motifs is 1. The van der Waals surface area contributed by atoms with Gasteiger partial charge in [0.2, 0.25) is 15.9 Å². The monoisotopic (exact) mass is 572 g/mol. The van der Waals surface area contributed by atoms with Crippen molar-refractivity contribution < 1.29 is 13.2 Å². The first-order chi connectivity index (χ1) is 18.0. The standard InChI is InChI=1S/C26H32N6O3S3/c1-17(30-38(3,34)35)7-8-18-9-10-20-14-22(12-11-19(20)13-18)31(2)16-24(33)27-21-5-4-6-23(15-21)32-25(36)28-29-26(32)37/h4-7,11-12,14-15,18,30H,8-10,13,16H2,1-3H3,(H,27,33)(H,28,36)(H,29,37). The van der Waals surface area contributed by atoms with Crippen molar-refractivity contribution in [1.29, 1.82) is 0 Å². The van der Waals surface area contributed by atoms with Gasteiger partial charge in [0.1, 0.15) is 0 Å². The molecule has 1 amide bonds. The number of carbonyl (C=O) groups is 1.